The third kappa shape index (κ3) is 2.29. The van der Waals surface area contributed by atoms with E-state index in [9.17, 15) is 18.0 Å². The van der Waals surface area contributed by atoms with Crippen LogP contribution < -0.4 is 0 Å². The first-order valence-corrected chi connectivity index (χ1v) is 6.10. The van der Waals surface area contributed by atoms with Gasteiger partial charge in [0.2, 0.25) is 0 Å². The van der Waals surface area contributed by atoms with Crippen LogP contribution in [0.4, 0.5) is 13.2 Å². The Balaban J connectivity index is 2.25. The molecule has 2 aromatic heterocycles. The Kier molecular flexibility index (Phi) is 3.01. The number of carbonyl (C=O) groups excluding carboxylic acids is 1. The first-order chi connectivity index (χ1) is 10.0. The number of hydrogen-bond donors (Lipinski definition) is 0. The van der Waals surface area contributed by atoms with Crippen LogP contribution >= 0.6 is 0 Å². The zero-order chi connectivity index (χ0) is 15.0. The Morgan fingerprint density at radius 2 is 1.86 bits per heavy atom. The summed E-state index contributed by atoms with van der Waals surface area (Å²) >= 11 is 0. The van der Waals surface area contributed by atoms with Crippen molar-refractivity contribution < 1.29 is 18.0 Å². The van der Waals surface area contributed by atoms with Gasteiger partial charge in [-0.2, -0.15) is 13.2 Å². The van der Waals surface area contributed by atoms with Crippen molar-refractivity contribution in [3.05, 3.63) is 59.9 Å². The number of halogens is 3. The number of imidazole rings is 1. The molecule has 1 aromatic carbocycles. The topological polar surface area (TPSA) is 34.4 Å². The fourth-order valence-corrected chi connectivity index (χ4v) is 2.21. The Morgan fingerprint density at radius 3 is 2.57 bits per heavy atom. The molecule has 0 amide bonds. The van der Waals surface area contributed by atoms with Crippen LogP contribution in [0.3, 0.4) is 0 Å². The molecule has 0 aliphatic heterocycles. The highest BCUT2D eigenvalue weighted by Gasteiger charge is 2.33. The van der Waals surface area contributed by atoms with Gasteiger partial charge in [0, 0.05) is 18.0 Å². The normalized spacial score (nSPS) is 11.8. The number of alkyl halides is 3. The maximum absolute atomic E-state index is 13.0. The van der Waals surface area contributed by atoms with Crippen molar-refractivity contribution in [1.29, 1.82) is 0 Å². The molecule has 0 fully saturated rings. The van der Waals surface area contributed by atoms with Crippen LogP contribution in [0, 0.1) is 0 Å². The van der Waals surface area contributed by atoms with Gasteiger partial charge in [0.25, 0.3) is 0 Å². The van der Waals surface area contributed by atoms with Gasteiger partial charge in [-0.15, -0.1) is 0 Å². The summed E-state index contributed by atoms with van der Waals surface area (Å²) in [6.45, 7) is 0. The van der Waals surface area contributed by atoms with Crippen molar-refractivity contribution in [3.63, 3.8) is 0 Å². The van der Waals surface area contributed by atoms with Crippen molar-refractivity contribution in [2.45, 2.75) is 6.18 Å². The average Bonchev–Trinajstić information content (AvgIpc) is 2.90. The molecule has 0 saturated heterocycles. The molecular weight excluding hydrogens is 281 g/mol. The summed E-state index contributed by atoms with van der Waals surface area (Å²) < 4.78 is 40.7. The summed E-state index contributed by atoms with van der Waals surface area (Å²) in [4.78, 5) is 15.1. The van der Waals surface area contributed by atoms with E-state index >= 15 is 0 Å². The predicted octanol–water partition coefficient (Wildman–Crippen LogP) is 3.83. The van der Waals surface area contributed by atoms with Crippen LogP contribution in [0.1, 0.15) is 15.9 Å². The highest BCUT2D eigenvalue weighted by Crippen LogP contribution is 2.36. The molecule has 6 heteroatoms. The minimum absolute atomic E-state index is 0.00875. The molecule has 0 aliphatic carbocycles. The lowest BCUT2D eigenvalue weighted by molar-refractivity contribution is -0.137. The van der Waals surface area contributed by atoms with Crippen LogP contribution in [0.5, 0.6) is 0 Å². The molecule has 2 heterocycles. The van der Waals surface area contributed by atoms with E-state index in [2.05, 4.69) is 4.98 Å². The van der Waals surface area contributed by atoms with Crippen LogP contribution in [-0.4, -0.2) is 15.7 Å². The van der Waals surface area contributed by atoms with Crippen molar-refractivity contribution in [2.75, 3.05) is 0 Å². The first-order valence-electron chi connectivity index (χ1n) is 6.10. The van der Waals surface area contributed by atoms with Crippen LogP contribution in [0.15, 0.2) is 48.8 Å². The maximum Gasteiger partial charge on any atom is 0.417 e. The Labute approximate surface area is 117 Å². The van der Waals surface area contributed by atoms with Crippen LogP contribution in [0.25, 0.3) is 16.9 Å². The molecule has 3 nitrogen and oxygen atoms in total. The molecular formula is C15H9F3N2O. The molecule has 0 saturated carbocycles. The largest absolute Gasteiger partial charge is 0.417 e. The van der Waals surface area contributed by atoms with Crippen molar-refractivity contribution in [1.82, 2.24) is 9.38 Å². The molecule has 0 N–H and O–H groups in total. The van der Waals surface area contributed by atoms with Gasteiger partial charge >= 0.3 is 6.18 Å². The number of aromatic nitrogens is 2. The number of benzene rings is 1. The number of fused-ring (bicyclic) bond motifs is 1. The highest BCUT2D eigenvalue weighted by molar-refractivity contribution is 5.85. The molecule has 0 spiro atoms. The second kappa shape index (κ2) is 4.73. The van der Waals surface area contributed by atoms with E-state index in [0.29, 0.717) is 17.5 Å². The zero-order valence-electron chi connectivity index (χ0n) is 10.6. The molecule has 0 radical (unpaired) electrons. The third-order valence-corrected chi connectivity index (χ3v) is 3.15. The molecule has 0 unspecified atom stereocenters. The van der Waals surface area contributed by atoms with Gasteiger partial charge in [0.1, 0.15) is 5.65 Å². The molecule has 3 aromatic rings. The predicted molar refractivity (Wildman–Crippen MR) is 71.0 cm³/mol. The summed E-state index contributed by atoms with van der Waals surface area (Å²) in [7, 11) is 0. The average molecular weight is 290 g/mol. The van der Waals surface area contributed by atoms with Crippen molar-refractivity contribution in [3.8, 4) is 11.3 Å². The van der Waals surface area contributed by atoms with E-state index in [-0.39, 0.29) is 11.3 Å². The Hall–Kier alpha value is -2.63. The van der Waals surface area contributed by atoms with E-state index in [1.165, 1.54) is 28.8 Å². The van der Waals surface area contributed by atoms with Gasteiger partial charge in [-0.3, -0.25) is 4.79 Å². The fraction of sp³-hybridized carbons (Fsp3) is 0.0667. The lowest BCUT2D eigenvalue weighted by atomic mass is 10.1. The second-order valence-corrected chi connectivity index (χ2v) is 4.48. The van der Waals surface area contributed by atoms with Gasteiger partial charge in [-0.1, -0.05) is 18.2 Å². The standard InChI is InChI=1S/C15H9F3N2O/c16-15(17,18)12-6-2-1-5-11(12)13-8-20-7-3-4-10(9-21)14(20)19-13/h1-9H. The van der Waals surface area contributed by atoms with Gasteiger partial charge in [-0.25, -0.2) is 4.98 Å². The molecule has 21 heavy (non-hydrogen) atoms. The van der Waals surface area contributed by atoms with Gasteiger partial charge in [0.05, 0.1) is 16.8 Å². The van der Waals surface area contributed by atoms with E-state index in [0.717, 1.165) is 6.07 Å². The summed E-state index contributed by atoms with van der Waals surface area (Å²) in [6, 6.07) is 8.44. The van der Waals surface area contributed by atoms with Crippen LogP contribution in [-0.2, 0) is 6.18 Å². The summed E-state index contributed by atoms with van der Waals surface area (Å²) in [6.07, 6.45) is -0.719. The number of hydrogen-bond acceptors (Lipinski definition) is 2. The lowest BCUT2D eigenvalue weighted by Gasteiger charge is -2.10. The maximum atomic E-state index is 13.0. The monoisotopic (exact) mass is 290 g/mol. The van der Waals surface area contributed by atoms with Gasteiger partial charge in [0.15, 0.2) is 6.29 Å². The lowest BCUT2D eigenvalue weighted by Crippen LogP contribution is -2.06. The molecule has 106 valence electrons. The van der Waals surface area contributed by atoms with E-state index in [1.54, 1.807) is 18.3 Å². The number of pyridine rings is 1. The molecule has 0 atom stereocenters. The van der Waals surface area contributed by atoms with E-state index in [4.69, 9.17) is 0 Å². The Morgan fingerprint density at radius 1 is 1.10 bits per heavy atom. The summed E-state index contributed by atoms with van der Waals surface area (Å²) in [5.41, 5.74) is 0.0801. The molecule has 3 rings (SSSR count). The van der Waals surface area contributed by atoms with E-state index in [1.807, 2.05) is 0 Å². The Bertz CT molecular complexity index is 821. The number of rotatable bonds is 2. The SMILES string of the molecule is O=Cc1cccn2cc(-c3ccccc3C(F)(F)F)nc12. The first kappa shape index (κ1) is 13.4. The molecule has 0 aliphatic rings. The molecule has 0 bridgehead atoms. The van der Waals surface area contributed by atoms with E-state index < -0.39 is 11.7 Å². The fourth-order valence-electron chi connectivity index (χ4n) is 2.21. The minimum Gasteiger partial charge on any atom is -0.306 e. The second-order valence-electron chi connectivity index (χ2n) is 4.48. The van der Waals surface area contributed by atoms with Crippen molar-refractivity contribution in [2.24, 2.45) is 0 Å². The third-order valence-electron chi connectivity index (χ3n) is 3.15. The number of carbonyl (C=O) groups is 1. The highest BCUT2D eigenvalue weighted by atomic mass is 19.4. The van der Waals surface area contributed by atoms with Gasteiger partial charge in [-0.05, 0) is 18.2 Å². The quantitative estimate of drug-likeness (QED) is 0.672. The smallest absolute Gasteiger partial charge is 0.306 e. The number of aldehydes is 1. The van der Waals surface area contributed by atoms with Gasteiger partial charge < -0.3 is 4.40 Å². The summed E-state index contributed by atoms with van der Waals surface area (Å²) in [5.74, 6) is 0. The zero-order valence-corrected chi connectivity index (χ0v) is 10.6. The summed E-state index contributed by atoms with van der Waals surface area (Å²) in [5, 5.41) is 0. The number of nitrogens with zero attached hydrogens (tertiary/aromatic N) is 2. The van der Waals surface area contributed by atoms with Crippen molar-refractivity contribution >= 4 is 11.9 Å². The minimum atomic E-state index is -4.46. The van der Waals surface area contributed by atoms with Crippen LogP contribution in [0.2, 0.25) is 0 Å².